The van der Waals surface area contributed by atoms with Crippen molar-refractivity contribution in [1.82, 2.24) is 9.78 Å². The summed E-state index contributed by atoms with van der Waals surface area (Å²) >= 11 is 0. The summed E-state index contributed by atoms with van der Waals surface area (Å²) in [4.78, 5) is 0. The van der Waals surface area contributed by atoms with Crippen LogP contribution in [0, 0.1) is 29.6 Å². The SMILES string of the molecule is CCC1CCC(C#N)(Cc2cc(C)nn2C)C1. The molecule has 0 bridgehead atoms. The van der Waals surface area contributed by atoms with Gasteiger partial charge in [-0.1, -0.05) is 13.3 Å². The Balaban J connectivity index is 2.16. The summed E-state index contributed by atoms with van der Waals surface area (Å²) in [6.45, 7) is 4.23. The second-order valence-electron chi connectivity index (χ2n) is 5.49. The molecule has 92 valence electrons. The van der Waals surface area contributed by atoms with E-state index in [0.717, 1.165) is 30.9 Å². The molecule has 0 saturated heterocycles. The molecule has 3 nitrogen and oxygen atoms in total. The lowest BCUT2D eigenvalue weighted by Gasteiger charge is -2.20. The minimum absolute atomic E-state index is 0.138. The van der Waals surface area contributed by atoms with Crippen molar-refractivity contribution in [2.24, 2.45) is 18.4 Å². The number of rotatable bonds is 3. The molecule has 0 radical (unpaired) electrons. The predicted molar refractivity (Wildman–Crippen MR) is 67.3 cm³/mol. The van der Waals surface area contributed by atoms with Crippen LogP contribution >= 0.6 is 0 Å². The van der Waals surface area contributed by atoms with Crippen molar-refractivity contribution < 1.29 is 0 Å². The Bertz CT molecular complexity index is 441. The molecule has 1 aliphatic carbocycles. The zero-order valence-electron chi connectivity index (χ0n) is 11.0. The molecule has 2 atom stereocenters. The van der Waals surface area contributed by atoms with Gasteiger partial charge in [0.2, 0.25) is 0 Å². The summed E-state index contributed by atoms with van der Waals surface area (Å²) in [5.74, 6) is 0.740. The molecule has 1 aromatic heterocycles. The van der Waals surface area contributed by atoms with Crippen LogP contribution in [0.5, 0.6) is 0 Å². The summed E-state index contributed by atoms with van der Waals surface area (Å²) < 4.78 is 1.92. The maximum atomic E-state index is 9.51. The molecule has 1 aromatic rings. The molecule has 0 spiro atoms. The lowest BCUT2D eigenvalue weighted by molar-refractivity contribution is 0.371. The van der Waals surface area contributed by atoms with Crippen LogP contribution in [0.2, 0.25) is 0 Å². The smallest absolute Gasteiger partial charge is 0.0693 e. The van der Waals surface area contributed by atoms with Crippen LogP contribution in [-0.4, -0.2) is 9.78 Å². The van der Waals surface area contributed by atoms with Gasteiger partial charge in [-0.05, 0) is 38.2 Å². The molecule has 0 amide bonds. The number of nitrogens with zero attached hydrogens (tertiary/aromatic N) is 3. The van der Waals surface area contributed by atoms with Gasteiger partial charge in [0.05, 0.1) is 17.2 Å². The van der Waals surface area contributed by atoms with E-state index >= 15 is 0 Å². The molecular weight excluding hydrogens is 210 g/mol. The molecule has 0 N–H and O–H groups in total. The first-order chi connectivity index (χ1) is 8.08. The molecule has 3 heteroatoms. The normalized spacial score (nSPS) is 28.2. The first-order valence-corrected chi connectivity index (χ1v) is 6.49. The molecule has 1 saturated carbocycles. The second-order valence-corrected chi connectivity index (χ2v) is 5.49. The summed E-state index contributed by atoms with van der Waals surface area (Å²) in [7, 11) is 1.97. The van der Waals surface area contributed by atoms with Gasteiger partial charge < -0.3 is 0 Å². The van der Waals surface area contributed by atoms with E-state index in [9.17, 15) is 5.26 Å². The fourth-order valence-corrected chi connectivity index (χ4v) is 3.06. The van der Waals surface area contributed by atoms with Crippen LogP contribution in [0.25, 0.3) is 0 Å². The third-order valence-electron chi connectivity index (χ3n) is 4.14. The quantitative estimate of drug-likeness (QED) is 0.802. The zero-order valence-corrected chi connectivity index (χ0v) is 11.0. The molecule has 2 unspecified atom stereocenters. The zero-order chi connectivity index (χ0) is 12.5. The lowest BCUT2D eigenvalue weighted by atomic mass is 9.82. The van der Waals surface area contributed by atoms with E-state index in [0.29, 0.717) is 0 Å². The largest absolute Gasteiger partial charge is 0.272 e. The van der Waals surface area contributed by atoms with Gasteiger partial charge in [0, 0.05) is 19.2 Å². The minimum Gasteiger partial charge on any atom is -0.272 e. The summed E-state index contributed by atoms with van der Waals surface area (Å²) in [5.41, 5.74) is 2.10. The topological polar surface area (TPSA) is 41.6 Å². The van der Waals surface area contributed by atoms with Crippen LogP contribution in [0.1, 0.15) is 44.0 Å². The highest BCUT2D eigenvalue weighted by molar-refractivity contribution is 5.16. The van der Waals surface area contributed by atoms with Crippen molar-refractivity contribution in [2.75, 3.05) is 0 Å². The maximum absolute atomic E-state index is 9.51. The third kappa shape index (κ3) is 2.36. The van der Waals surface area contributed by atoms with Gasteiger partial charge in [-0.2, -0.15) is 10.4 Å². The Hall–Kier alpha value is -1.30. The van der Waals surface area contributed by atoms with Crippen LogP contribution < -0.4 is 0 Å². The Kier molecular flexibility index (Phi) is 3.24. The van der Waals surface area contributed by atoms with Crippen molar-refractivity contribution in [3.05, 3.63) is 17.5 Å². The number of hydrogen-bond acceptors (Lipinski definition) is 2. The summed E-state index contributed by atoms with van der Waals surface area (Å²) in [6.07, 6.45) is 5.38. The first-order valence-electron chi connectivity index (χ1n) is 6.49. The van der Waals surface area contributed by atoms with Crippen LogP contribution in [-0.2, 0) is 13.5 Å². The van der Waals surface area contributed by atoms with Gasteiger partial charge in [0.25, 0.3) is 0 Å². The fraction of sp³-hybridized carbons (Fsp3) is 0.714. The summed E-state index contributed by atoms with van der Waals surface area (Å²) in [6, 6.07) is 4.70. The van der Waals surface area contributed by atoms with E-state index in [1.54, 1.807) is 0 Å². The summed E-state index contributed by atoms with van der Waals surface area (Å²) in [5, 5.41) is 13.9. The van der Waals surface area contributed by atoms with E-state index in [4.69, 9.17) is 0 Å². The molecule has 17 heavy (non-hydrogen) atoms. The average molecular weight is 231 g/mol. The van der Waals surface area contributed by atoms with Gasteiger partial charge >= 0.3 is 0 Å². The number of nitriles is 1. The average Bonchev–Trinajstić information content (AvgIpc) is 2.85. The number of aryl methyl sites for hydroxylation is 2. The molecule has 1 heterocycles. The molecular formula is C14H21N3. The van der Waals surface area contributed by atoms with Crippen LogP contribution in [0.15, 0.2) is 6.07 Å². The van der Waals surface area contributed by atoms with Crippen LogP contribution in [0.3, 0.4) is 0 Å². The van der Waals surface area contributed by atoms with Gasteiger partial charge in [-0.25, -0.2) is 0 Å². The molecule has 0 aromatic carbocycles. The van der Waals surface area contributed by atoms with Crippen molar-refractivity contribution >= 4 is 0 Å². The molecule has 1 aliphatic rings. The predicted octanol–water partition coefficient (Wildman–Crippen LogP) is 2.99. The standard InChI is InChI=1S/C14H21N3/c1-4-12-5-6-14(8-12,10-15)9-13-7-11(2)16-17(13)3/h7,12H,4-6,8-9H2,1-3H3. The van der Waals surface area contributed by atoms with Gasteiger partial charge in [-0.15, -0.1) is 0 Å². The van der Waals surface area contributed by atoms with E-state index in [-0.39, 0.29) is 5.41 Å². The Morgan fingerprint density at radius 2 is 2.41 bits per heavy atom. The minimum atomic E-state index is -0.138. The second kappa shape index (κ2) is 4.52. The first kappa shape index (κ1) is 12.2. The van der Waals surface area contributed by atoms with Crippen molar-refractivity contribution in [3.63, 3.8) is 0 Å². The number of hydrogen-bond donors (Lipinski definition) is 0. The highest BCUT2D eigenvalue weighted by Crippen LogP contribution is 2.44. The lowest BCUT2D eigenvalue weighted by Crippen LogP contribution is -2.19. The monoisotopic (exact) mass is 231 g/mol. The van der Waals surface area contributed by atoms with E-state index in [2.05, 4.69) is 24.2 Å². The molecule has 0 aliphatic heterocycles. The van der Waals surface area contributed by atoms with E-state index in [1.165, 1.54) is 18.5 Å². The van der Waals surface area contributed by atoms with Crippen molar-refractivity contribution in [1.29, 1.82) is 5.26 Å². The third-order valence-corrected chi connectivity index (χ3v) is 4.14. The fourth-order valence-electron chi connectivity index (χ4n) is 3.06. The van der Waals surface area contributed by atoms with E-state index in [1.807, 2.05) is 18.7 Å². The van der Waals surface area contributed by atoms with E-state index < -0.39 is 0 Å². The molecule has 1 fully saturated rings. The van der Waals surface area contributed by atoms with Crippen LogP contribution in [0.4, 0.5) is 0 Å². The van der Waals surface area contributed by atoms with Gasteiger partial charge in [0.1, 0.15) is 0 Å². The Morgan fingerprint density at radius 1 is 1.65 bits per heavy atom. The highest BCUT2D eigenvalue weighted by Gasteiger charge is 2.39. The van der Waals surface area contributed by atoms with Crippen molar-refractivity contribution in [2.45, 2.75) is 46.0 Å². The van der Waals surface area contributed by atoms with Gasteiger partial charge in [0.15, 0.2) is 0 Å². The maximum Gasteiger partial charge on any atom is 0.0693 e. The Morgan fingerprint density at radius 3 is 2.88 bits per heavy atom. The van der Waals surface area contributed by atoms with Crippen molar-refractivity contribution in [3.8, 4) is 6.07 Å². The Labute approximate surface area is 103 Å². The highest BCUT2D eigenvalue weighted by atomic mass is 15.3. The number of aromatic nitrogens is 2. The van der Waals surface area contributed by atoms with Gasteiger partial charge in [-0.3, -0.25) is 4.68 Å². The molecule has 2 rings (SSSR count).